The van der Waals surface area contributed by atoms with E-state index in [1.165, 1.54) is 6.54 Å². The van der Waals surface area contributed by atoms with Gasteiger partial charge in [0.1, 0.15) is 0 Å². The van der Waals surface area contributed by atoms with E-state index >= 15 is 0 Å². The Morgan fingerprint density at radius 3 is 2.83 bits per heavy atom. The molecule has 0 saturated carbocycles. The summed E-state index contributed by atoms with van der Waals surface area (Å²) in [7, 11) is 1.78. The molecular formula is C9H20N2O. The van der Waals surface area contributed by atoms with Crippen LogP contribution in [0.2, 0.25) is 0 Å². The van der Waals surface area contributed by atoms with E-state index in [0.29, 0.717) is 5.92 Å². The van der Waals surface area contributed by atoms with Gasteiger partial charge in [-0.25, -0.2) is 0 Å². The van der Waals surface area contributed by atoms with E-state index in [-0.39, 0.29) is 0 Å². The van der Waals surface area contributed by atoms with Gasteiger partial charge in [-0.2, -0.15) is 0 Å². The second kappa shape index (κ2) is 4.80. The minimum Gasteiger partial charge on any atom is -0.384 e. The van der Waals surface area contributed by atoms with Crippen LogP contribution in [0.25, 0.3) is 0 Å². The Labute approximate surface area is 74.9 Å². The number of rotatable bonds is 4. The van der Waals surface area contributed by atoms with Crippen molar-refractivity contribution in [2.75, 3.05) is 39.9 Å². The Morgan fingerprint density at radius 1 is 1.50 bits per heavy atom. The Kier molecular flexibility index (Phi) is 3.98. The van der Waals surface area contributed by atoms with Crippen LogP contribution in [0.15, 0.2) is 0 Å². The van der Waals surface area contributed by atoms with Crippen molar-refractivity contribution < 1.29 is 4.74 Å². The fraction of sp³-hybridized carbons (Fsp3) is 1.00. The quantitative estimate of drug-likeness (QED) is 0.656. The summed E-state index contributed by atoms with van der Waals surface area (Å²) in [6.45, 7) is 7.33. The minimum absolute atomic E-state index is 0.710. The zero-order valence-electron chi connectivity index (χ0n) is 8.12. The topological polar surface area (TPSA) is 38.5 Å². The lowest BCUT2D eigenvalue weighted by Gasteiger charge is -2.13. The maximum atomic E-state index is 5.50. The Morgan fingerprint density at radius 2 is 2.25 bits per heavy atom. The first-order valence-corrected chi connectivity index (χ1v) is 4.69. The number of hydrogen-bond donors (Lipinski definition) is 1. The lowest BCUT2D eigenvalue weighted by molar-refractivity contribution is 0.140. The van der Waals surface area contributed by atoms with Crippen molar-refractivity contribution in [3.8, 4) is 0 Å². The fourth-order valence-electron chi connectivity index (χ4n) is 1.94. The summed E-state index contributed by atoms with van der Waals surface area (Å²) in [5.74, 6) is 1.47. The number of nitrogens with two attached hydrogens (primary N) is 1. The van der Waals surface area contributed by atoms with E-state index in [2.05, 4.69) is 11.8 Å². The Bertz CT molecular complexity index is 130. The summed E-state index contributed by atoms with van der Waals surface area (Å²) in [5, 5.41) is 0. The van der Waals surface area contributed by atoms with Crippen molar-refractivity contribution >= 4 is 0 Å². The molecule has 3 heteroatoms. The Balaban J connectivity index is 2.29. The monoisotopic (exact) mass is 172 g/mol. The molecule has 72 valence electrons. The van der Waals surface area contributed by atoms with Gasteiger partial charge >= 0.3 is 0 Å². The van der Waals surface area contributed by atoms with E-state index in [0.717, 1.165) is 32.2 Å². The first-order valence-electron chi connectivity index (χ1n) is 4.69. The molecule has 2 N–H and O–H groups in total. The van der Waals surface area contributed by atoms with E-state index in [1.54, 1.807) is 7.11 Å². The van der Waals surface area contributed by atoms with Crippen molar-refractivity contribution in [2.45, 2.75) is 6.92 Å². The normalized spacial score (nSPS) is 31.2. The molecule has 0 spiro atoms. The first kappa shape index (κ1) is 9.96. The lowest BCUT2D eigenvalue weighted by atomic mass is 10.00. The van der Waals surface area contributed by atoms with Crippen LogP contribution < -0.4 is 5.73 Å². The summed E-state index contributed by atoms with van der Waals surface area (Å²) < 4.78 is 5.16. The van der Waals surface area contributed by atoms with E-state index in [1.807, 2.05) is 0 Å². The first-order chi connectivity index (χ1) is 5.77. The molecule has 0 aliphatic carbocycles. The van der Waals surface area contributed by atoms with Crippen molar-refractivity contribution in [3.05, 3.63) is 0 Å². The fourth-order valence-corrected chi connectivity index (χ4v) is 1.94. The van der Waals surface area contributed by atoms with Crippen LogP contribution in [-0.2, 0) is 4.74 Å². The molecule has 1 aliphatic heterocycles. The molecule has 1 fully saturated rings. The third-order valence-corrected chi connectivity index (χ3v) is 2.67. The highest BCUT2D eigenvalue weighted by atomic mass is 16.5. The standard InChI is InChI=1S/C9H20N2O/c1-8-5-11(4-3-10)6-9(8)7-12-2/h8-9H,3-7,10H2,1-2H3/t8-,9-/m0/s1. The van der Waals surface area contributed by atoms with Crippen LogP contribution >= 0.6 is 0 Å². The molecule has 0 unspecified atom stereocenters. The average Bonchev–Trinajstić information content (AvgIpc) is 2.34. The number of methoxy groups -OCH3 is 1. The van der Waals surface area contributed by atoms with Gasteiger partial charge in [-0.1, -0.05) is 6.92 Å². The molecule has 0 aromatic rings. The molecule has 0 amide bonds. The molecule has 0 bridgehead atoms. The second-order valence-corrected chi connectivity index (χ2v) is 3.74. The molecule has 0 aromatic carbocycles. The summed E-state index contributed by atoms with van der Waals surface area (Å²) >= 11 is 0. The molecule has 0 radical (unpaired) electrons. The van der Waals surface area contributed by atoms with Crippen molar-refractivity contribution in [1.29, 1.82) is 0 Å². The van der Waals surface area contributed by atoms with E-state index in [9.17, 15) is 0 Å². The third kappa shape index (κ3) is 2.44. The lowest BCUT2D eigenvalue weighted by Crippen LogP contribution is -2.27. The van der Waals surface area contributed by atoms with Crippen LogP contribution in [-0.4, -0.2) is 44.8 Å². The average molecular weight is 172 g/mol. The van der Waals surface area contributed by atoms with Gasteiger partial charge in [-0.15, -0.1) is 0 Å². The zero-order valence-corrected chi connectivity index (χ0v) is 8.12. The largest absolute Gasteiger partial charge is 0.384 e. The second-order valence-electron chi connectivity index (χ2n) is 3.74. The predicted octanol–water partition coefficient (Wildman–Crippen LogP) is 0.159. The van der Waals surface area contributed by atoms with Crippen molar-refractivity contribution in [1.82, 2.24) is 4.90 Å². The minimum atomic E-state index is 0.710. The number of hydrogen-bond acceptors (Lipinski definition) is 3. The molecule has 12 heavy (non-hydrogen) atoms. The van der Waals surface area contributed by atoms with Crippen LogP contribution in [0.4, 0.5) is 0 Å². The molecule has 1 rings (SSSR count). The molecular weight excluding hydrogens is 152 g/mol. The number of likely N-dealkylation sites (tertiary alicyclic amines) is 1. The van der Waals surface area contributed by atoms with Gasteiger partial charge in [-0.3, -0.25) is 0 Å². The summed E-state index contributed by atoms with van der Waals surface area (Å²) in [6, 6.07) is 0. The summed E-state index contributed by atoms with van der Waals surface area (Å²) in [6.07, 6.45) is 0. The predicted molar refractivity (Wildman–Crippen MR) is 50.0 cm³/mol. The van der Waals surface area contributed by atoms with Gasteiger partial charge in [-0.05, 0) is 11.8 Å². The van der Waals surface area contributed by atoms with Crippen LogP contribution in [0.1, 0.15) is 6.92 Å². The maximum Gasteiger partial charge on any atom is 0.0505 e. The van der Waals surface area contributed by atoms with E-state index in [4.69, 9.17) is 10.5 Å². The maximum absolute atomic E-state index is 5.50. The highest BCUT2D eigenvalue weighted by Gasteiger charge is 2.28. The summed E-state index contributed by atoms with van der Waals surface area (Å²) in [4.78, 5) is 2.42. The van der Waals surface area contributed by atoms with Gasteiger partial charge in [0.05, 0.1) is 6.61 Å². The smallest absolute Gasteiger partial charge is 0.0505 e. The molecule has 1 heterocycles. The third-order valence-electron chi connectivity index (χ3n) is 2.67. The van der Waals surface area contributed by atoms with Crippen LogP contribution in [0, 0.1) is 11.8 Å². The number of nitrogens with zero attached hydrogens (tertiary/aromatic N) is 1. The Hall–Kier alpha value is -0.120. The van der Waals surface area contributed by atoms with Crippen LogP contribution in [0.3, 0.4) is 0 Å². The number of ether oxygens (including phenoxy) is 1. The molecule has 2 atom stereocenters. The van der Waals surface area contributed by atoms with Crippen molar-refractivity contribution in [3.63, 3.8) is 0 Å². The van der Waals surface area contributed by atoms with Crippen LogP contribution in [0.5, 0.6) is 0 Å². The molecule has 3 nitrogen and oxygen atoms in total. The highest BCUT2D eigenvalue weighted by molar-refractivity contribution is 4.81. The van der Waals surface area contributed by atoms with Gasteiger partial charge in [0.2, 0.25) is 0 Å². The molecule has 1 aliphatic rings. The van der Waals surface area contributed by atoms with E-state index < -0.39 is 0 Å². The molecule has 1 saturated heterocycles. The van der Waals surface area contributed by atoms with Gasteiger partial charge in [0.15, 0.2) is 0 Å². The van der Waals surface area contributed by atoms with Gasteiger partial charge in [0, 0.05) is 33.3 Å². The molecule has 0 aromatic heterocycles. The SMILES string of the molecule is COC[C@@H]1CN(CCN)C[C@@H]1C. The highest BCUT2D eigenvalue weighted by Crippen LogP contribution is 2.22. The van der Waals surface area contributed by atoms with Gasteiger partial charge < -0.3 is 15.4 Å². The zero-order chi connectivity index (χ0) is 8.97. The summed E-state index contributed by atoms with van der Waals surface area (Å²) in [5.41, 5.74) is 5.50. The van der Waals surface area contributed by atoms with Gasteiger partial charge in [0.25, 0.3) is 0 Å². The van der Waals surface area contributed by atoms with Crippen molar-refractivity contribution in [2.24, 2.45) is 17.6 Å².